The van der Waals surface area contributed by atoms with Gasteiger partial charge in [-0.3, -0.25) is 0 Å². The number of allylic oxidation sites excluding steroid dienone is 4. The Labute approximate surface area is 109 Å². The van der Waals surface area contributed by atoms with E-state index in [1.807, 2.05) is 0 Å². The SMILES string of the molecule is Cc1ccc2cc(C3=CCC(C)C=C3)ccc2c1. The third-order valence-electron chi connectivity index (χ3n) is 3.64. The molecule has 0 saturated carbocycles. The smallest absolute Gasteiger partial charge is 0.0178 e. The number of hydrogen-bond acceptors (Lipinski definition) is 0. The van der Waals surface area contributed by atoms with Gasteiger partial charge in [-0.1, -0.05) is 61.0 Å². The van der Waals surface area contributed by atoms with E-state index in [2.05, 4.69) is 68.5 Å². The lowest BCUT2D eigenvalue weighted by atomic mass is 9.93. The zero-order chi connectivity index (χ0) is 12.5. The Morgan fingerprint density at radius 1 is 1.00 bits per heavy atom. The molecule has 0 heteroatoms. The highest BCUT2D eigenvalue weighted by Crippen LogP contribution is 2.27. The van der Waals surface area contributed by atoms with Crippen LogP contribution in [0.4, 0.5) is 0 Å². The summed E-state index contributed by atoms with van der Waals surface area (Å²) in [6.07, 6.45) is 8.05. The Kier molecular flexibility index (Phi) is 2.79. The van der Waals surface area contributed by atoms with Gasteiger partial charge in [0.1, 0.15) is 0 Å². The van der Waals surface area contributed by atoms with Crippen molar-refractivity contribution < 1.29 is 0 Å². The molecule has 0 saturated heterocycles. The van der Waals surface area contributed by atoms with E-state index in [4.69, 9.17) is 0 Å². The van der Waals surface area contributed by atoms with Crippen LogP contribution in [0, 0.1) is 12.8 Å². The molecule has 3 rings (SSSR count). The summed E-state index contributed by atoms with van der Waals surface area (Å²) in [6, 6.07) is 13.4. The predicted octanol–water partition coefficient (Wildman–Crippen LogP) is 5.13. The van der Waals surface area contributed by atoms with Crippen molar-refractivity contribution in [2.75, 3.05) is 0 Å². The molecule has 1 atom stereocenters. The van der Waals surface area contributed by atoms with Gasteiger partial charge in [0.15, 0.2) is 0 Å². The van der Waals surface area contributed by atoms with Crippen molar-refractivity contribution >= 4 is 16.3 Å². The molecule has 1 unspecified atom stereocenters. The monoisotopic (exact) mass is 234 g/mol. The zero-order valence-corrected chi connectivity index (χ0v) is 11.0. The number of fused-ring (bicyclic) bond motifs is 1. The van der Waals surface area contributed by atoms with E-state index in [1.165, 1.54) is 27.5 Å². The Morgan fingerprint density at radius 2 is 1.78 bits per heavy atom. The third-order valence-corrected chi connectivity index (χ3v) is 3.64. The molecule has 0 spiro atoms. The van der Waals surface area contributed by atoms with Crippen LogP contribution in [0.25, 0.3) is 16.3 Å². The number of aryl methyl sites for hydroxylation is 1. The van der Waals surface area contributed by atoms with Gasteiger partial charge in [-0.2, -0.15) is 0 Å². The second-order valence-corrected chi connectivity index (χ2v) is 5.30. The minimum absolute atomic E-state index is 0.678. The summed E-state index contributed by atoms with van der Waals surface area (Å²) in [7, 11) is 0. The van der Waals surface area contributed by atoms with Crippen LogP contribution >= 0.6 is 0 Å². The van der Waals surface area contributed by atoms with Crippen LogP contribution in [0.5, 0.6) is 0 Å². The molecule has 0 bridgehead atoms. The van der Waals surface area contributed by atoms with Crippen LogP contribution in [-0.4, -0.2) is 0 Å². The quantitative estimate of drug-likeness (QED) is 0.642. The maximum atomic E-state index is 2.35. The molecule has 0 fully saturated rings. The Bertz CT molecular complexity index is 644. The molecule has 0 N–H and O–H groups in total. The first-order valence-corrected chi connectivity index (χ1v) is 6.61. The van der Waals surface area contributed by atoms with Gasteiger partial charge in [0.25, 0.3) is 0 Å². The number of rotatable bonds is 1. The predicted molar refractivity (Wildman–Crippen MR) is 79.6 cm³/mol. The molecule has 1 aliphatic carbocycles. The summed E-state index contributed by atoms with van der Waals surface area (Å²) in [6.45, 7) is 4.40. The van der Waals surface area contributed by atoms with Gasteiger partial charge in [-0.25, -0.2) is 0 Å². The van der Waals surface area contributed by atoms with Gasteiger partial charge in [0, 0.05) is 0 Å². The van der Waals surface area contributed by atoms with E-state index in [0.717, 1.165) is 6.42 Å². The van der Waals surface area contributed by atoms with Crippen LogP contribution in [-0.2, 0) is 0 Å². The highest BCUT2D eigenvalue weighted by Gasteiger charge is 2.06. The highest BCUT2D eigenvalue weighted by molar-refractivity contribution is 5.88. The fourth-order valence-electron chi connectivity index (χ4n) is 2.49. The number of benzene rings is 2. The molecule has 90 valence electrons. The van der Waals surface area contributed by atoms with Crippen LogP contribution in [0.2, 0.25) is 0 Å². The highest BCUT2D eigenvalue weighted by atomic mass is 14.1. The summed E-state index contributed by atoms with van der Waals surface area (Å²) in [5, 5.41) is 2.65. The van der Waals surface area contributed by atoms with Gasteiger partial charge in [0.05, 0.1) is 0 Å². The van der Waals surface area contributed by atoms with Crippen molar-refractivity contribution in [1.29, 1.82) is 0 Å². The van der Waals surface area contributed by atoms with Crippen LogP contribution < -0.4 is 0 Å². The standard InChI is InChI=1S/C18H18/c1-13-3-6-15(7-4-13)17-10-9-16-11-14(2)5-8-18(16)12-17/h3,5-13H,4H2,1-2H3. The Hall–Kier alpha value is -1.82. The van der Waals surface area contributed by atoms with Gasteiger partial charge < -0.3 is 0 Å². The lowest BCUT2D eigenvalue weighted by Gasteiger charge is -2.12. The summed E-state index contributed by atoms with van der Waals surface area (Å²) in [4.78, 5) is 0. The largest absolute Gasteiger partial charge is 0.0808 e. The molecule has 2 aromatic carbocycles. The van der Waals surface area contributed by atoms with Gasteiger partial charge in [0.2, 0.25) is 0 Å². The molecule has 2 aromatic rings. The maximum absolute atomic E-state index is 2.35. The minimum Gasteiger partial charge on any atom is -0.0808 e. The van der Waals surface area contributed by atoms with Crippen molar-refractivity contribution in [1.82, 2.24) is 0 Å². The van der Waals surface area contributed by atoms with E-state index in [9.17, 15) is 0 Å². The Balaban J connectivity index is 2.04. The molecule has 0 radical (unpaired) electrons. The fourth-order valence-corrected chi connectivity index (χ4v) is 2.49. The van der Waals surface area contributed by atoms with Crippen molar-refractivity contribution in [3.8, 4) is 0 Å². The van der Waals surface area contributed by atoms with Crippen molar-refractivity contribution in [3.05, 3.63) is 65.8 Å². The zero-order valence-electron chi connectivity index (χ0n) is 11.0. The third kappa shape index (κ3) is 2.11. The van der Waals surface area contributed by atoms with Crippen LogP contribution in [0.3, 0.4) is 0 Å². The average Bonchev–Trinajstić information content (AvgIpc) is 2.39. The van der Waals surface area contributed by atoms with Gasteiger partial charge >= 0.3 is 0 Å². The molecule has 0 amide bonds. The molecule has 18 heavy (non-hydrogen) atoms. The molecule has 0 aliphatic heterocycles. The van der Waals surface area contributed by atoms with Gasteiger partial charge in [-0.15, -0.1) is 0 Å². The molecular formula is C18H18. The summed E-state index contributed by atoms with van der Waals surface area (Å²) in [5.74, 6) is 0.678. The van der Waals surface area contributed by atoms with Crippen molar-refractivity contribution in [2.24, 2.45) is 5.92 Å². The topological polar surface area (TPSA) is 0 Å². The van der Waals surface area contributed by atoms with E-state index in [0.29, 0.717) is 5.92 Å². The minimum atomic E-state index is 0.678. The Morgan fingerprint density at radius 3 is 2.56 bits per heavy atom. The molecule has 1 aliphatic rings. The van der Waals surface area contributed by atoms with Gasteiger partial charge in [-0.05, 0) is 47.2 Å². The van der Waals surface area contributed by atoms with E-state index in [-0.39, 0.29) is 0 Å². The van der Waals surface area contributed by atoms with Crippen LogP contribution in [0.1, 0.15) is 24.5 Å². The van der Waals surface area contributed by atoms with E-state index < -0.39 is 0 Å². The molecular weight excluding hydrogens is 216 g/mol. The normalized spacial score (nSPS) is 19.0. The first-order chi connectivity index (χ1) is 8.72. The van der Waals surface area contributed by atoms with Crippen molar-refractivity contribution in [2.45, 2.75) is 20.3 Å². The summed E-state index contributed by atoms with van der Waals surface area (Å²) >= 11 is 0. The summed E-state index contributed by atoms with van der Waals surface area (Å²) < 4.78 is 0. The first-order valence-electron chi connectivity index (χ1n) is 6.61. The maximum Gasteiger partial charge on any atom is -0.0178 e. The summed E-state index contributed by atoms with van der Waals surface area (Å²) in [5.41, 5.74) is 4.01. The van der Waals surface area contributed by atoms with Crippen molar-refractivity contribution in [3.63, 3.8) is 0 Å². The second kappa shape index (κ2) is 4.45. The number of hydrogen-bond donors (Lipinski definition) is 0. The second-order valence-electron chi connectivity index (χ2n) is 5.30. The fraction of sp³-hybridized carbons (Fsp3) is 0.222. The molecule has 0 aromatic heterocycles. The first kappa shape index (κ1) is 11.3. The molecule has 0 heterocycles. The van der Waals surface area contributed by atoms with Crippen LogP contribution in [0.15, 0.2) is 54.6 Å². The van der Waals surface area contributed by atoms with E-state index >= 15 is 0 Å². The lowest BCUT2D eigenvalue weighted by Crippen LogP contribution is -1.94. The lowest BCUT2D eigenvalue weighted by molar-refractivity contribution is 0.739. The average molecular weight is 234 g/mol. The molecule has 0 nitrogen and oxygen atoms in total. The van der Waals surface area contributed by atoms with E-state index in [1.54, 1.807) is 0 Å².